The van der Waals surface area contributed by atoms with Gasteiger partial charge in [-0.3, -0.25) is 0 Å². The number of halogens is 1. The van der Waals surface area contributed by atoms with Crippen LogP contribution in [0.15, 0.2) is 24.3 Å². The van der Waals surface area contributed by atoms with Gasteiger partial charge in [0.05, 0.1) is 0 Å². The zero-order valence-corrected chi connectivity index (χ0v) is 8.00. The van der Waals surface area contributed by atoms with Gasteiger partial charge in [-0.2, -0.15) is 0 Å². The Labute approximate surface area is 78.2 Å². The van der Waals surface area contributed by atoms with E-state index < -0.39 is 0 Å². The summed E-state index contributed by atoms with van der Waals surface area (Å²) >= 11 is 0. The van der Waals surface area contributed by atoms with Crippen molar-refractivity contribution in [3.63, 3.8) is 0 Å². The van der Waals surface area contributed by atoms with Crippen LogP contribution in [-0.2, 0) is 0 Å². The van der Waals surface area contributed by atoms with E-state index in [1.807, 2.05) is 19.0 Å². The Bertz CT molecular complexity index is 256. The van der Waals surface area contributed by atoms with Crippen LogP contribution in [0.2, 0.25) is 0 Å². The Hall–Kier alpha value is -0.930. The van der Waals surface area contributed by atoms with Gasteiger partial charge < -0.3 is 10.6 Å². The molecule has 13 heavy (non-hydrogen) atoms. The Balaban J connectivity index is 2.86. The van der Waals surface area contributed by atoms with Gasteiger partial charge in [0, 0.05) is 12.6 Å². The molecule has 1 unspecified atom stereocenters. The molecule has 2 nitrogen and oxygen atoms in total. The van der Waals surface area contributed by atoms with Crippen molar-refractivity contribution in [2.75, 3.05) is 20.6 Å². The molecule has 0 saturated carbocycles. The maximum Gasteiger partial charge on any atom is 0.123 e. The molecule has 0 spiro atoms. The number of hydrogen-bond acceptors (Lipinski definition) is 2. The molecule has 0 saturated heterocycles. The second-order valence-electron chi connectivity index (χ2n) is 3.27. The Morgan fingerprint density at radius 3 is 2.23 bits per heavy atom. The van der Waals surface area contributed by atoms with E-state index in [4.69, 9.17) is 5.73 Å². The molecule has 2 N–H and O–H groups in total. The number of likely N-dealkylation sites (N-methyl/N-ethyl adjacent to an activating group) is 1. The fourth-order valence-electron chi connectivity index (χ4n) is 1.33. The monoisotopic (exact) mass is 182 g/mol. The zero-order valence-electron chi connectivity index (χ0n) is 8.00. The third-order valence-corrected chi connectivity index (χ3v) is 2.10. The minimum Gasteiger partial charge on any atom is -0.329 e. The van der Waals surface area contributed by atoms with Crippen LogP contribution in [0, 0.1) is 5.82 Å². The van der Waals surface area contributed by atoms with E-state index in [1.165, 1.54) is 12.1 Å². The molecule has 0 aromatic heterocycles. The van der Waals surface area contributed by atoms with E-state index in [9.17, 15) is 4.39 Å². The predicted octanol–water partition coefficient (Wildman–Crippen LogP) is 1.39. The summed E-state index contributed by atoms with van der Waals surface area (Å²) in [5.41, 5.74) is 6.66. The lowest BCUT2D eigenvalue weighted by Gasteiger charge is -2.22. The number of benzene rings is 1. The lowest BCUT2D eigenvalue weighted by molar-refractivity contribution is 0.306. The molecular formula is C10H15FN2. The SMILES string of the molecule is CN(C)C(CN)c1ccc(F)cc1. The van der Waals surface area contributed by atoms with Gasteiger partial charge in [-0.15, -0.1) is 0 Å². The van der Waals surface area contributed by atoms with E-state index in [2.05, 4.69) is 0 Å². The lowest BCUT2D eigenvalue weighted by Crippen LogP contribution is -2.27. The number of hydrogen-bond donors (Lipinski definition) is 1. The number of rotatable bonds is 3. The number of nitrogens with two attached hydrogens (primary N) is 1. The van der Waals surface area contributed by atoms with Crippen LogP contribution in [0.25, 0.3) is 0 Å². The molecule has 1 atom stereocenters. The maximum atomic E-state index is 12.6. The molecule has 0 heterocycles. The first-order valence-electron chi connectivity index (χ1n) is 4.27. The van der Waals surface area contributed by atoms with E-state index >= 15 is 0 Å². The van der Waals surface area contributed by atoms with E-state index in [-0.39, 0.29) is 11.9 Å². The zero-order chi connectivity index (χ0) is 9.84. The fourth-order valence-corrected chi connectivity index (χ4v) is 1.33. The van der Waals surface area contributed by atoms with Crippen LogP contribution in [0.1, 0.15) is 11.6 Å². The summed E-state index contributed by atoms with van der Waals surface area (Å²) in [6, 6.07) is 6.63. The van der Waals surface area contributed by atoms with Gasteiger partial charge in [0.2, 0.25) is 0 Å². The minimum absolute atomic E-state index is 0.167. The van der Waals surface area contributed by atoms with Gasteiger partial charge >= 0.3 is 0 Å². The second-order valence-corrected chi connectivity index (χ2v) is 3.27. The first kappa shape index (κ1) is 10.2. The average Bonchev–Trinajstić information content (AvgIpc) is 2.09. The van der Waals surface area contributed by atoms with Crippen molar-refractivity contribution in [2.24, 2.45) is 5.73 Å². The lowest BCUT2D eigenvalue weighted by atomic mass is 10.1. The first-order valence-corrected chi connectivity index (χ1v) is 4.27. The van der Waals surface area contributed by atoms with E-state index in [0.717, 1.165) is 5.56 Å². The quantitative estimate of drug-likeness (QED) is 0.765. The molecule has 3 heteroatoms. The van der Waals surface area contributed by atoms with Gasteiger partial charge in [-0.05, 0) is 31.8 Å². The largest absolute Gasteiger partial charge is 0.329 e. The highest BCUT2D eigenvalue weighted by molar-refractivity contribution is 5.20. The molecular weight excluding hydrogens is 167 g/mol. The third-order valence-electron chi connectivity index (χ3n) is 2.10. The van der Waals surface area contributed by atoms with Crippen molar-refractivity contribution in [2.45, 2.75) is 6.04 Å². The molecule has 1 aromatic rings. The third kappa shape index (κ3) is 2.50. The van der Waals surface area contributed by atoms with Crippen molar-refractivity contribution in [3.05, 3.63) is 35.6 Å². The van der Waals surface area contributed by atoms with Crippen LogP contribution >= 0.6 is 0 Å². The minimum atomic E-state index is -0.210. The van der Waals surface area contributed by atoms with Gasteiger partial charge in [-0.1, -0.05) is 12.1 Å². The molecule has 0 aliphatic carbocycles. The summed E-state index contributed by atoms with van der Waals surface area (Å²) in [4.78, 5) is 2.02. The summed E-state index contributed by atoms with van der Waals surface area (Å²) in [7, 11) is 3.92. The second kappa shape index (κ2) is 4.35. The Morgan fingerprint density at radius 2 is 1.85 bits per heavy atom. The summed E-state index contributed by atoms with van der Waals surface area (Å²) in [5, 5.41) is 0. The summed E-state index contributed by atoms with van der Waals surface area (Å²) < 4.78 is 12.6. The van der Waals surface area contributed by atoms with Crippen molar-refractivity contribution in [3.8, 4) is 0 Å². The highest BCUT2D eigenvalue weighted by Crippen LogP contribution is 2.16. The highest BCUT2D eigenvalue weighted by atomic mass is 19.1. The van der Waals surface area contributed by atoms with Gasteiger partial charge in [0.1, 0.15) is 5.82 Å². The molecule has 1 rings (SSSR count). The Kier molecular flexibility index (Phi) is 3.39. The summed E-state index contributed by atoms with van der Waals surface area (Å²) in [6.07, 6.45) is 0. The highest BCUT2D eigenvalue weighted by Gasteiger charge is 2.10. The summed E-state index contributed by atoms with van der Waals surface area (Å²) in [6.45, 7) is 0.540. The van der Waals surface area contributed by atoms with Crippen LogP contribution < -0.4 is 5.73 Å². The molecule has 0 bridgehead atoms. The smallest absolute Gasteiger partial charge is 0.123 e. The first-order chi connectivity index (χ1) is 6.15. The fraction of sp³-hybridized carbons (Fsp3) is 0.400. The predicted molar refractivity (Wildman–Crippen MR) is 51.9 cm³/mol. The van der Waals surface area contributed by atoms with Crippen LogP contribution in [0.3, 0.4) is 0 Å². The molecule has 0 aliphatic rings. The van der Waals surface area contributed by atoms with Crippen LogP contribution in [-0.4, -0.2) is 25.5 Å². The van der Waals surface area contributed by atoms with Gasteiger partial charge in [0.25, 0.3) is 0 Å². The molecule has 72 valence electrons. The number of nitrogens with zero attached hydrogens (tertiary/aromatic N) is 1. The standard InChI is InChI=1S/C10H15FN2/c1-13(2)10(7-12)8-3-5-9(11)6-4-8/h3-6,10H,7,12H2,1-2H3. The molecule has 0 amide bonds. The van der Waals surface area contributed by atoms with Crippen LogP contribution in [0.5, 0.6) is 0 Å². The Morgan fingerprint density at radius 1 is 1.31 bits per heavy atom. The molecule has 0 aliphatic heterocycles. The van der Waals surface area contributed by atoms with E-state index in [0.29, 0.717) is 6.54 Å². The molecule has 1 aromatic carbocycles. The van der Waals surface area contributed by atoms with Crippen LogP contribution in [0.4, 0.5) is 4.39 Å². The van der Waals surface area contributed by atoms with Crippen molar-refractivity contribution in [1.82, 2.24) is 4.90 Å². The summed E-state index contributed by atoms with van der Waals surface area (Å²) in [5.74, 6) is -0.210. The van der Waals surface area contributed by atoms with Gasteiger partial charge in [-0.25, -0.2) is 4.39 Å². The normalized spacial score (nSPS) is 13.3. The van der Waals surface area contributed by atoms with Gasteiger partial charge in [0.15, 0.2) is 0 Å². The topological polar surface area (TPSA) is 29.3 Å². The molecule has 0 fully saturated rings. The maximum absolute atomic E-state index is 12.6. The molecule has 0 radical (unpaired) electrons. The van der Waals surface area contributed by atoms with Crippen molar-refractivity contribution >= 4 is 0 Å². The van der Waals surface area contributed by atoms with Crippen molar-refractivity contribution < 1.29 is 4.39 Å². The average molecular weight is 182 g/mol. The van der Waals surface area contributed by atoms with Crippen molar-refractivity contribution in [1.29, 1.82) is 0 Å². The van der Waals surface area contributed by atoms with E-state index in [1.54, 1.807) is 12.1 Å².